The second-order valence-electron chi connectivity index (χ2n) is 13.7. The number of ether oxygens (including phenoxy) is 1. The van der Waals surface area contributed by atoms with E-state index in [2.05, 4.69) is 66.1 Å². The van der Waals surface area contributed by atoms with E-state index in [-0.39, 0.29) is 31.7 Å². The first-order valence-corrected chi connectivity index (χ1v) is 21.6. The maximum atomic E-state index is 12.6. The zero-order valence-corrected chi connectivity index (χ0v) is 32.2. The number of aromatic nitrogens is 1. The molecule has 56 heavy (non-hydrogen) atoms. The predicted molar refractivity (Wildman–Crippen MR) is 219 cm³/mol. The maximum Gasteiger partial charge on any atom is 0.379 e. The molecule has 0 radical (unpaired) electrons. The molecular formula is C43H40N3O8S2+. The number of hydroxylamine groups is 1. The number of oxazole rings is 1. The molecule has 8 rings (SSSR count). The Labute approximate surface area is 325 Å². The standard InChI is InChI=1S/C43H39N3O8S2/c1-2-44-54-56(50,51)24-8-22-46-39-28-37(35-16-14-31-10-4-6-12-33(31)26-35)18-20-41(39)53-43(46)29-42-45(21-7-23-55(47,48)49)38-27-36(17-19-40(38)52-42)34-15-13-30-9-3-5-11-32(30)25-34/h3-6,9-20,25-29,44H,2,7-8,21-24H2,1H3/p+1. The first-order valence-electron chi connectivity index (χ1n) is 18.4. The molecule has 0 fully saturated rings. The quantitative estimate of drug-likeness (QED) is 0.0631. The van der Waals surface area contributed by atoms with Gasteiger partial charge in [0, 0.05) is 25.6 Å². The van der Waals surface area contributed by atoms with Crippen LogP contribution in [-0.2, 0) is 31.1 Å². The molecule has 0 bridgehead atoms. The Bertz CT molecular complexity index is 2850. The maximum absolute atomic E-state index is 12.6. The summed E-state index contributed by atoms with van der Waals surface area (Å²) in [6, 6.07) is 40.6. The van der Waals surface area contributed by atoms with Crippen LogP contribution in [0.15, 0.2) is 132 Å². The zero-order chi connectivity index (χ0) is 38.9. The average Bonchev–Trinajstić information content (AvgIpc) is 3.71. The number of rotatable bonds is 14. The van der Waals surface area contributed by atoms with Crippen molar-refractivity contribution in [1.82, 2.24) is 5.48 Å². The third kappa shape index (κ3) is 8.18. The van der Waals surface area contributed by atoms with Crippen molar-refractivity contribution >= 4 is 64.6 Å². The highest BCUT2D eigenvalue weighted by Crippen LogP contribution is 2.43. The van der Waals surface area contributed by atoms with E-state index >= 15 is 0 Å². The monoisotopic (exact) mass is 790 g/mol. The normalized spacial score (nSPS) is 13.9. The third-order valence-electron chi connectivity index (χ3n) is 9.76. The lowest BCUT2D eigenvalue weighted by atomic mass is 10.0. The molecule has 2 N–H and O–H groups in total. The van der Waals surface area contributed by atoms with Gasteiger partial charge in [-0.15, -0.1) is 0 Å². The summed E-state index contributed by atoms with van der Waals surface area (Å²) in [5.74, 6) is 0.707. The number of anilines is 1. The molecule has 0 saturated carbocycles. The van der Waals surface area contributed by atoms with Crippen LogP contribution < -0.4 is 19.7 Å². The van der Waals surface area contributed by atoms with E-state index in [0.717, 1.165) is 55.0 Å². The number of nitrogens with zero attached hydrogens (tertiary/aromatic N) is 2. The molecule has 286 valence electrons. The molecule has 0 amide bonds. The Balaban J connectivity index is 1.19. The van der Waals surface area contributed by atoms with Crippen LogP contribution in [0.1, 0.15) is 25.7 Å². The highest BCUT2D eigenvalue weighted by Gasteiger charge is 2.31. The lowest BCUT2D eigenvalue weighted by molar-refractivity contribution is -0.677. The first-order chi connectivity index (χ1) is 27.0. The minimum absolute atomic E-state index is 0.123. The summed E-state index contributed by atoms with van der Waals surface area (Å²) in [5, 5.41) is 4.47. The molecule has 13 heteroatoms. The second-order valence-corrected chi connectivity index (χ2v) is 16.9. The number of hydrogen-bond acceptors (Lipinski definition) is 9. The highest BCUT2D eigenvalue weighted by molar-refractivity contribution is 7.86. The first kappa shape index (κ1) is 37.4. The van der Waals surface area contributed by atoms with Crippen molar-refractivity contribution in [1.29, 1.82) is 0 Å². The fourth-order valence-electron chi connectivity index (χ4n) is 7.08. The van der Waals surface area contributed by atoms with E-state index < -0.39 is 26.0 Å². The lowest BCUT2D eigenvalue weighted by Crippen LogP contribution is -2.36. The van der Waals surface area contributed by atoms with Crippen LogP contribution in [0.3, 0.4) is 0 Å². The van der Waals surface area contributed by atoms with Crippen molar-refractivity contribution in [3.05, 3.63) is 133 Å². The van der Waals surface area contributed by atoms with Crippen molar-refractivity contribution in [2.75, 3.05) is 29.5 Å². The predicted octanol–water partition coefficient (Wildman–Crippen LogP) is 8.10. The lowest BCUT2D eigenvalue weighted by Gasteiger charge is -2.18. The Morgan fingerprint density at radius 2 is 1.34 bits per heavy atom. The zero-order valence-electron chi connectivity index (χ0n) is 30.6. The van der Waals surface area contributed by atoms with Gasteiger partial charge < -0.3 is 14.1 Å². The van der Waals surface area contributed by atoms with E-state index in [0.29, 0.717) is 29.7 Å². The molecule has 0 saturated heterocycles. The van der Waals surface area contributed by atoms with Crippen molar-refractivity contribution in [3.8, 4) is 28.0 Å². The van der Waals surface area contributed by atoms with Crippen LogP contribution in [0, 0.1) is 0 Å². The summed E-state index contributed by atoms with van der Waals surface area (Å²) in [4.78, 5) is 1.92. The smallest absolute Gasteiger partial charge is 0.379 e. The Morgan fingerprint density at radius 1 is 0.732 bits per heavy atom. The summed E-state index contributed by atoms with van der Waals surface area (Å²) in [5.41, 5.74) is 8.39. The summed E-state index contributed by atoms with van der Waals surface area (Å²) >= 11 is 0. The molecule has 0 unspecified atom stereocenters. The highest BCUT2D eigenvalue weighted by atomic mass is 32.2. The van der Waals surface area contributed by atoms with Gasteiger partial charge in [-0.2, -0.15) is 31.2 Å². The van der Waals surface area contributed by atoms with Crippen molar-refractivity contribution in [3.63, 3.8) is 0 Å². The van der Waals surface area contributed by atoms with Gasteiger partial charge in [0.2, 0.25) is 11.5 Å². The minimum Gasteiger partial charge on any atom is -0.438 e. The fraction of sp³-hybridized carbons (Fsp3) is 0.186. The molecule has 1 aromatic heterocycles. The molecule has 0 spiro atoms. The van der Waals surface area contributed by atoms with Crippen LogP contribution in [-0.4, -0.2) is 46.0 Å². The molecule has 2 heterocycles. The van der Waals surface area contributed by atoms with Crippen LogP contribution >= 0.6 is 0 Å². The average molecular weight is 791 g/mol. The summed E-state index contributed by atoms with van der Waals surface area (Å²) < 4.78 is 78.0. The van der Waals surface area contributed by atoms with Gasteiger partial charge in [-0.05, 0) is 80.6 Å². The molecule has 11 nitrogen and oxygen atoms in total. The second kappa shape index (κ2) is 15.5. The van der Waals surface area contributed by atoms with E-state index in [1.165, 1.54) is 0 Å². The largest absolute Gasteiger partial charge is 0.438 e. The van der Waals surface area contributed by atoms with Crippen molar-refractivity contribution in [2.45, 2.75) is 26.3 Å². The Kier molecular flexibility index (Phi) is 10.4. The van der Waals surface area contributed by atoms with Crippen LogP contribution in [0.4, 0.5) is 5.69 Å². The summed E-state index contributed by atoms with van der Waals surface area (Å²) in [6.45, 7) is 2.56. The Morgan fingerprint density at radius 3 is 2.00 bits per heavy atom. The number of nitrogens with one attached hydrogen (secondary N) is 1. The summed E-state index contributed by atoms with van der Waals surface area (Å²) in [6.07, 6.45) is 2.08. The topological polar surface area (TPSA) is 139 Å². The van der Waals surface area contributed by atoms with Crippen LogP contribution in [0.2, 0.25) is 0 Å². The molecular weight excluding hydrogens is 751 g/mol. The van der Waals surface area contributed by atoms with Crippen LogP contribution in [0.5, 0.6) is 5.75 Å². The van der Waals surface area contributed by atoms with Gasteiger partial charge in [-0.3, -0.25) is 4.55 Å². The fourth-order valence-corrected chi connectivity index (χ4v) is 8.43. The van der Waals surface area contributed by atoms with Crippen molar-refractivity contribution in [2.24, 2.45) is 0 Å². The third-order valence-corrected chi connectivity index (χ3v) is 11.7. The van der Waals surface area contributed by atoms with Gasteiger partial charge in [-0.1, -0.05) is 91.9 Å². The van der Waals surface area contributed by atoms with Gasteiger partial charge in [-0.25, -0.2) is 0 Å². The van der Waals surface area contributed by atoms with Gasteiger partial charge >= 0.3 is 5.89 Å². The van der Waals surface area contributed by atoms with Gasteiger partial charge in [0.15, 0.2) is 12.3 Å². The number of fused-ring (bicyclic) bond motifs is 4. The van der Waals surface area contributed by atoms with Crippen LogP contribution in [0.25, 0.3) is 61.0 Å². The number of aryl methyl sites for hydroxylation is 1. The van der Waals surface area contributed by atoms with Crippen molar-refractivity contribution < 1.29 is 39.4 Å². The molecule has 1 aliphatic rings. The number of hydrogen-bond donors (Lipinski definition) is 2. The van der Waals surface area contributed by atoms with E-state index in [1.54, 1.807) is 13.0 Å². The molecule has 6 aromatic carbocycles. The van der Waals surface area contributed by atoms with Gasteiger partial charge in [0.05, 0.1) is 17.2 Å². The van der Waals surface area contributed by atoms with E-state index in [1.807, 2.05) is 70.1 Å². The molecule has 0 atom stereocenters. The van der Waals surface area contributed by atoms with Gasteiger partial charge in [0.1, 0.15) is 6.08 Å². The SMILES string of the molecule is CCNOS(=O)(=O)CCCN1C(=Cc2oc3ccc(-c4ccc5ccccc5c4)cc3[n+]2CCCS(=O)(=O)O)Oc2ccc(-c3ccc4ccccc4c3)cc21. The molecule has 1 aliphatic heterocycles. The Hall–Kier alpha value is -5.57. The minimum atomic E-state index is -4.21. The van der Waals surface area contributed by atoms with E-state index in [4.69, 9.17) is 13.4 Å². The number of benzene rings is 6. The van der Waals surface area contributed by atoms with Gasteiger partial charge in [0.25, 0.3) is 25.8 Å². The van der Waals surface area contributed by atoms with E-state index in [9.17, 15) is 21.4 Å². The molecule has 0 aliphatic carbocycles. The summed E-state index contributed by atoms with van der Waals surface area (Å²) in [7, 11) is -8.04. The molecule has 7 aromatic rings.